The van der Waals surface area contributed by atoms with E-state index >= 15 is 0 Å². The van der Waals surface area contributed by atoms with Crippen molar-refractivity contribution >= 4 is 0 Å². The van der Waals surface area contributed by atoms with Crippen molar-refractivity contribution in [1.82, 2.24) is 15.3 Å². The molecule has 1 rings (SSSR count). The summed E-state index contributed by atoms with van der Waals surface area (Å²) in [5, 5.41) is 0. The molecule has 0 saturated heterocycles. The summed E-state index contributed by atoms with van der Waals surface area (Å²) >= 11 is 0. The van der Waals surface area contributed by atoms with Crippen molar-refractivity contribution in [3.8, 4) is 0 Å². The minimum Gasteiger partial charge on any atom is -0.307 e. The van der Waals surface area contributed by atoms with Crippen LogP contribution < -0.4 is 11.3 Å². The van der Waals surface area contributed by atoms with E-state index in [1.807, 2.05) is 19.0 Å². The quantitative estimate of drug-likeness (QED) is 0.539. The number of nitrogens with two attached hydrogens (primary N) is 1. The molecule has 14 heavy (non-hydrogen) atoms. The lowest BCUT2D eigenvalue weighted by Gasteiger charge is -2.20. The highest BCUT2D eigenvalue weighted by Gasteiger charge is 2.14. The minimum atomic E-state index is -0.336. The Kier molecular flexibility index (Phi) is 3.94. The van der Waals surface area contributed by atoms with E-state index in [-0.39, 0.29) is 11.9 Å². The number of rotatable bonds is 4. The maximum absolute atomic E-state index is 13.3. The van der Waals surface area contributed by atoms with Crippen molar-refractivity contribution in [2.45, 2.75) is 6.04 Å². The molecule has 0 aliphatic carbocycles. The monoisotopic (exact) mass is 198 g/mol. The molecule has 0 amide bonds. The number of nitrogens with zero attached hydrogens (tertiary/aromatic N) is 2. The van der Waals surface area contributed by atoms with Gasteiger partial charge in [-0.3, -0.25) is 16.3 Å². The van der Waals surface area contributed by atoms with Crippen LogP contribution in [0.15, 0.2) is 18.5 Å². The van der Waals surface area contributed by atoms with Crippen LogP contribution in [0.4, 0.5) is 4.39 Å². The maximum atomic E-state index is 13.3. The third kappa shape index (κ3) is 2.73. The zero-order valence-corrected chi connectivity index (χ0v) is 8.37. The zero-order valence-electron chi connectivity index (χ0n) is 8.37. The van der Waals surface area contributed by atoms with Crippen molar-refractivity contribution < 1.29 is 4.39 Å². The highest BCUT2D eigenvalue weighted by atomic mass is 19.1. The predicted octanol–water partition coefficient (Wildman–Crippen LogP) is 0.287. The molecule has 1 atom stereocenters. The molecule has 1 aromatic rings. The van der Waals surface area contributed by atoms with Gasteiger partial charge in [0.25, 0.3) is 0 Å². The highest BCUT2D eigenvalue weighted by Crippen LogP contribution is 2.15. The van der Waals surface area contributed by atoms with E-state index in [1.165, 1.54) is 6.20 Å². The van der Waals surface area contributed by atoms with E-state index in [1.54, 1.807) is 12.3 Å². The molecular formula is C9H15FN4. The third-order valence-corrected chi connectivity index (χ3v) is 1.93. The van der Waals surface area contributed by atoms with Crippen LogP contribution in [-0.2, 0) is 0 Å². The van der Waals surface area contributed by atoms with Crippen molar-refractivity contribution in [2.24, 2.45) is 5.84 Å². The number of halogens is 1. The molecule has 0 radical (unpaired) electrons. The van der Waals surface area contributed by atoms with Crippen LogP contribution in [0, 0.1) is 5.82 Å². The second kappa shape index (κ2) is 4.99. The van der Waals surface area contributed by atoms with Gasteiger partial charge in [0.2, 0.25) is 0 Å². The van der Waals surface area contributed by atoms with Gasteiger partial charge in [-0.15, -0.1) is 0 Å². The standard InChI is InChI=1S/C9H15FN4/c1-14(2)6-9(13-11)7-3-4-12-5-8(7)10/h3-5,9,13H,6,11H2,1-2H3. The summed E-state index contributed by atoms with van der Waals surface area (Å²) in [4.78, 5) is 5.62. The molecule has 1 aromatic heterocycles. The van der Waals surface area contributed by atoms with Crippen LogP contribution in [0.3, 0.4) is 0 Å². The molecule has 0 fully saturated rings. The average Bonchev–Trinajstić information content (AvgIpc) is 2.15. The first-order valence-electron chi connectivity index (χ1n) is 4.35. The summed E-state index contributed by atoms with van der Waals surface area (Å²) in [7, 11) is 3.81. The molecule has 0 saturated carbocycles. The highest BCUT2D eigenvalue weighted by molar-refractivity contribution is 5.17. The number of aromatic nitrogens is 1. The van der Waals surface area contributed by atoms with Crippen molar-refractivity contribution in [3.05, 3.63) is 29.8 Å². The van der Waals surface area contributed by atoms with Gasteiger partial charge in [-0.05, 0) is 20.2 Å². The number of hydrogen-bond donors (Lipinski definition) is 2. The Morgan fingerprint density at radius 3 is 2.86 bits per heavy atom. The Balaban J connectivity index is 2.83. The SMILES string of the molecule is CN(C)CC(NN)c1ccncc1F. The topological polar surface area (TPSA) is 54.2 Å². The number of pyridine rings is 1. The van der Waals surface area contributed by atoms with Crippen LogP contribution in [-0.4, -0.2) is 30.5 Å². The van der Waals surface area contributed by atoms with Gasteiger partial charge in [0.1, 0.15) is 5.82 Å². The van der Waals surface area contributed by atoms with Crippen LogP contribution in [0.2, 0.25) is 0 Å². The van der Waals surface area contributed by atoms with Crippen LogP contribution in [0.25, 0.3) is 0 Å². The van der Waals surface area contributed by atoms with Gasteiger partial charge in [0, 0.05) is 18.3 Å². The maximum Gasteiger partial charge on any atom is 0.146 e. The average molecular weight is 198 g/mol. The number of nitrogens with one attached hydrogen (secondary N) is 1. The van der Waals surface area contributed by atoms with Gasteiger partial charge in [-0.2, -0.15) is 0 Å². The lowest BCUT2D eigenvalue weighted by atomic mass is 10.1. The van der Waals surface area contributed by atoms with E-state index in [0.29, 0.717) is 12.1 Å². The molecule has 5 heteroatoms. The fourth-order valence-corrected chi connectivity index (χ4v) is 1.27. The van der Waals surface area contributed by atoms with E-state index < -0.39 is 0 Å². The summed E-state index contributed by atoms with van der Waals surface area (Å²) in [6.45, 7) is 0.636. The molecule has 4 nitrogen and oxygen atoms in total. The van der Waals surface area contributed by atoms with Crippen LogP contribution in [0.1, 0.15) is 11.6 Å². The summed E-state index contributed by atoms with van der Waals surface area (Å²) < 4.78 is 13.3. The van der Waals surface area contributed by atoms with Gasteiger partial charge in [0.15, 0.2) is 0 Å². The van der Waals surface area contributed by atoms with Gasteiger partial charge >= 0.3 is 0 Å². The molecule has 0 aliphatic rings. The summed E-state index contributed by atoms with van der Waals surface area (Å²) in [5.41, 5.74) is 3.12. The molecule has 1 unspecified atom stereocenters. The summed E-state index contributed by atoms with van der Waals surface area (Å²) in [6, 6.07) is 1.41. The molecule has 78 valence electrons. The molecule has 0 bridgehead atoms. The number of hydrazine groups is 1. The lowest BCUT2D eigenvalue weighted by molar-refractivity contribution is 0.338. The minimum absolute atomic E-state index is 0.215. The fraction of sp³-hybridized carbons (Fsp3) is 0.444. The normalized spacial score (nSPS) is 13.2. The first kappa shape index (κ1) is 11.0. The second-order valence-corrected chi connectivity index (χ2v) is 3.38. The molecule has 0 spiro atoms. The van der Waals surface area contributed by atoms with Gasteiger partial charge in [-0.25, -0.2) is 4.39 Å². The van der Waals surface area contributed by atoms with Crippen molar-refractivity contribution in [2.75, 3.05) is 20.6 Å². The van der Waals surface area contributed by atoms with Crippen molar-refractivity contribution in [3.63, 3.8) is 0 Å². The number of hydrogen-bond acceptors (Lipinski definition) is 4. The van der Waals surface area contributed by atoms with Gasteiger partial charge in [0.05, 0.1) is 12.2 Å². The Morgan fingerprint density at radius 2 is 2.36 bits per heavy atom. The zero-order chi connectivity index (χ0) is 10.6. The Labute approximate surface area is 82.9 Å². The van der Waals surface area contributed by atoms with Gasteiger partial charge in [-0.1, -0.05) is 0 Å². The molecule has 3 N–H and O–H groups in total. The van der Waals surface area contributed by atoms with E-state index in [2.05, 4.69) is 10.4 Å². The van der Waals surface area contributed by atoms with E-state index in [4.69, 9.17) is 5.84 Å². The molecule has 0 aromatic carbocycles. The molecule has 0 aliphatic heterocycles. The first-order chi connectivity index (χ1) is 6.65. The summed E-state index contributed by atoms with van der Waals surface area (Å²) in [5.74, 6) is 5.02. The predicted molar refractivity (Wildman–Crippen MR) is 52.8 cm³/mol. The Hall–Kier alpha value is -1.04. The van der Waals surface area contributed by atoms with E-state index in [9.17, 15) is 4.39 Å². The van der Waals surface area contributed by atoms with E-state index in [0.717, 1.165) is 0 Å². The van der Waals surface area contributed by atoms with Crippen LogP contribution in [0.5, 0.6) is 0 Å². The lowest BCUT2D eigenvalue weighted by Crippen LogP contribution is -2.36. The first-order valence-corrected chi connectivity index (χ1v) is 4.35. The molecule has 1 heterocycles. The molecular weight excluding hydrogens is 183 g/mol. The third-order valence-electron chi connectivity index (χ3n) is 1.93. The van der Waals surface area contributed by atoms with Crippen LogP contribution >= 0.6 is 0 Å². The summed E-state index contributed by atoms with van der Waals surface area (Å²) in [6.07, 6.45) is 2.74. The second-order valence-electron chi connectivity index (χ2n) is 3.38. The largest absolute Gasteiger partial charge is 0.307 e. The Morgan fingerprint density at radius 1 is 1.64 bits per heavy atom. The van der Waals surface area contributed by atoms with Crippen molar-refractivity contribution in [1.29, 1.82) is 0 Å². The Bertz CT molecular complexity index is 290. The van der Waals surface area contributed by atoms with Gasteiger partial charge < -0.3 is 4.90 Å². The number of likely N-dealkylation sites (N-methyl/N-ethyl adjacent to an activating group) is 1. The smallest absolute Gasteiger partial charge is 0.146 e. The fourth-order valence-electron chi connectivity index (χ4n) is 1.27.